The molecule has 2 aliphatic rings. The van der Waals surface area contributed by atoms with Gasteiger partial charge in [0.25, 0.3) is 0 Å². The number of sulfonamides is 1. The Balaban J connectivity index is 1.94. The molecule has 2 fully saturated rings. The van der Waals surface area contributed by atoms with Crippen molar-refractivity contribution in [2.45, 2.75) is 37.2 Å². The first-order valence-corrected chi connectivity index (χ1v) is 8.60. The van der Waals surface area contributed by atoms with Gasteiger partial charge in [-0.1, -0.05) is 0 Å². The van der Waals surface area contributed by atoms with E-state index in [0.29, 0.717) is 26.1 Å². The predicted molar refractivity (Wildman–Crippen MR) is 71.4 cm³/mol. The second-order valence-corrected chi connectivity index (χ2v) is 7.72. The number of hydrogen-bond acceptors (Lipinski definition) is 4. The van der Waals surface area contributed by atoms with Crippen molar-refractivity contribution in [1.82, 2.24) is 9.21 Å². The molecule has 1 atom stereocenters. The number of nitrogens with zero attached hydrogens (tertiary/aromatic N) is 2. The van der Waals surface area contributed by atoms with Crippen LogP contribution in [-0.2, 0) is 14.8 Å². The van der Waals surface area contributed by atoms with Crippen LogP contribution in [0.4, 0.5) is 13.2 Å². The molecular formula is C12H21F3N2O3S. The molecule has 2 rings (SSSR count). The Kier molecular flexibility index (Phi) is 5.17. The van der Waals surface area contributed by atoms with E-state index in [1.54, 1.807) is 0 Å². The third kappa shape index (κ3) is 3.88. The highest BCUT2D eigenvalue weighted by Crippen LogP contribution is 2.27. The summed E-state index contributed by atoms with van der Waals surface area (Å²) in [5, 5.41) is -0.460. The first-order chi connectivity index (χ1) is 9.73. The quantitative estimate of drug-likeness (QED) is 0.777. The van der Waals surface area contributed by atoms with Gasteiger partial charge >= 0.3 is 6.18 Å². The third-order valence-electron chi connectivity index (χ3n) is 4.24. The van der Waals surface area contributed by atoms with Crippen LogP contribution in [0.25, 0.3) is 0 Å². The molecule has 0 bridgehead atoms. The SMILES string of the molecule is C[C@H](N1CCN(S(=O)(=O)C2CCOCC2)CC1)C(F)(F)F. The van der Waals surface area contributed by atoms with Crippen LogP contribution in [-0.4, -0.2) is 74.5 Å². The lowest BCUT2D eigenvalue weighted by atomic mass is 10.2. The maximum Gasteiger partial charge on any atom is 0.403 e. The van der Waals surface area contributed by atoms with Gasteiger partial charge in [0.2, 0.25) is 10.0 Å². The van der Waals surface area contributed by atoms with Gasteiger partial charge in [-0.05, 0) is 19.8 Å². The van der Waals surface area contributed by atoms with Crippen LogP contribution in [0.3, 0.4) is 0 Å². The average Bonchev–Trinajstić information content (AvgIpc) is 2.46. The summed E-state index contributed by atoms with van der Waals surface area (Å²) in [4.78, 5) is 1.29. The molecule has 5 nitrogen and oxygen atoms in total. The maximum absolute atomic E-state index is 12.7. The van der Waals surface area contributed by atoms with Crippen molar-refractivity contribution in [3.8, 4) is 0 Å². The van der Waals surface area contributed by atoms with Gasteiger partial charge in [0, 0.05) is 39.4 Å². The molecule has 0 amide bonds. The van der Waals surface area contributed by atoms with Crippen LogP contribution >= 0.6 is 0 Å². The van der Waals surface area contributed by atoms with Gasteiger partial charge in [-0.25, -0.2) is 8.42 Å². The molecule has 0 unspecified atom stereocenters. The minimum absolute atomic E-state index is 0.114. The molecule has 21 heavy (non-hydrogen) atoms. The second-order valence-electron chi connectivity index (χ2n) is 5.51. The standard InChI is InChI=1S/C12H21F3N2O3S/c1-10(12(13,14)15)16-4-6-17(7-5-16)21(18,19)11-2-8-20-9-3-11/h10-11H,2-9H2,1H3/t10-/m0/s1. The molecule has 0 aromatic rings. The smallest absolute Gasteiger partial charge is 0.381 e. The lowest BCUT2D eigenvalue weighted by molar-refractivity contribution is -0.181. The topological polar surface area (TPSA) is 49.9 Å². The van der Waals surface area contributed by atoms with Crippen LogP contribution in [0.5, 0.6) is 0 Å². The fraction of sp³-hybridized carbons (Fsp3) is 1.00. The summed E-state index contributed by atoms with van der Waals surface area (Å²) in [5.41, 5.74) is 0. The predicted octanol–water partition coefficient (Wildman–Crippen LogP) is 1.06. The number of halogens is 3. The van der Waals surface area contributed by atoms with E-state index in [2.05, 4.69) is 0 Å². The van der Waals surface area contributed by atoms with Crippen molar-refractivity contribution < 1.29 is 26.3 Å². The van der Waals surface area contributed by atoms with Gasteiger partial charge in [-0.2, -0.15) is 17.5 Å². The molecule has 0 aromatic heterocycles. The van der Waals surface area contributed by atoms with Gasteiger partial charge in [-0.15, -0.1) is 0 Å². The molecule has 2 saturated heterocycles. The van der Waals surface area contributed by atoms with Gasteiger partial charge in [0.05, 0.1) is 5.25 Å². The normalized spacial score (nSPS) is 25.9. The Hall–Kier alpha value is -0.380. The van der Waals surface area contributed by atoms with E-state index in [-0.39, 0.29) is 26.2 Å². The minimum Gasteiger partial charge on any atom is -0.381 e. The molecule has 0 saturated carbocycles. The van der Waals surface area contributed by atoms with Crippen molar-refractivity contribution >= 4 is 10.0 Å². The number of alkyl halides is 3. The summed E-state index contributed by atoms with van der Waals surface area (Å²) in [6.45, 7) is 2.44. The zero-order valence-corrected chi connectivity index (χ0v) is 12.8. The van der Waals surface area contributed by atoms with Crippen LogP contribution in [0.2, 0.25) is 0 Å². The van der Waals surface area contributed by atoms with E-state index in [0.717, 1.165) is 6.92 Å². The average molecular weight is 330 g/mol. The minimum atomic E-state index is -4.28. The largest absolute Gasteiger partial charge is 0.403 e. The Morgan fingerprint density at radius 2 is 1.62 bits per heavy atom. The van der Waals surface area contributed by atoms with Crippen molar-refractivity contribution in [3.05, 3.63) is 0 Å². The molecule has 0 aliphatic carbocycles. The number of hydrogen-bond donors (Lipinski definition) is 0. The fourth-order valence-electron chi connectivity index (χ4n) is 2.74. The Bertz CT molecular complexity index is 441. The van der Waals surface area contributed by atoms with Gasteiger partial charge < -0.3 is 4.74 Å². The van der Waals surface area contributed by atoms with Crippen LogP contribution in [0.1, 0.15) is 19.8 Å². The van der Waals surface area contributed by atoms with Gasteiger partial charge in [-0.3, -0.25) is 4.90 Å². The highest BCUT2D eigenvalue weighted by molar-refractivity contribution is 7.89. The number of piperazine rings is 1. The molecule has 0 spiro atoms. The monoisotopic (exact) mass is 330 g/mol. The first kappa shape index (κ1) is 17.0. The summed E-state index contributed by atoms with van der Waals surface area (Å²) in [5.74, 6) is 0. The number of rotatable bonds is 3. The summed E-state index contributed by atoms with van der Waals surface area (Å²) >= 11 is 0. The van der Waals surface area contributed by atoms with Crippen molar-refractivity contribution in [2.75, 3.05) is 39.4 Å². The summed E-state index contributed by atoms with van der Waals surface area (Å²) in [7, 11) is -3.42. The van der Waals surface area contributed by atoms with E-state index in [9.17, 15) is 21.6 Å². The molecule has 124 valence electrons. The molecular weight excluding hydrogens is 309 g/mol. The van der Waals surface area contributed by atoms with Gasteiger partial charge in [0.1, 0.15) is 6.04 Å². The molecule has 0 aromatic carbocycles. The molecule has 2 aliphatic heterocycles. The van der Waals surface area contributed by atoms with Crippen molar-refractivity contribution in [3.63, 3.8) is 0 Å². The highest BCUT2D eigenvalue weighted by atomic mass is 32.2. The lowest BCUT2D eigenvalue weighted by Crippen LogP contribution is -2.56. The van der Waals surface area contributed by atoms with E-state index >= 15 is 0 Å². The van der Waals surface area contributed by atoms with Crippen LogP contribution < -0.4 is 0 Å². The third-order valence-corrected chi connectivity index (χ3v) is 6.64. The second kappa shape index (κ2) is 6.39. The van der Waals surface area contributed by atoms with Crippen molar-refractivity contribution in [1.29, 1.82) is 0 Å². The molecule has 2 heterocycles. The van der Waals surface area contributed by atoms with E-state index < -0.39 is 27.5 Å². The Labute approximate surface area is 123 Å². The van der Waals surface area contributed by atoms with E-state index in [1.807, 2.05) is 0 Å². The zero-order valence-electron chi connectivity index (χ0n) is 12.0. The van der Waals surface area contributed by atoms with E-state index in [4.69, 9.17) is 4.74 Å². The summed E-state index contributed by atoms with van der Waals surface area (Å²) < 4.78 is 69.4. The maximum atomic E-state index is 12.7. The molecule has 0 N–H and O–H groups in total. The molecule has 0 radical (unpaired) electrons. The van der Waals surface area contributed by atoms with Crippen LogP contribution in [0.15, 0.2) is 0 Å². The van der Waals surface area contributed by atoms with E-state index in [1.165, 1.54) is 9.21 Å². The highest BCUT2D eigenvalue weighted by Gasteiger charge is 2.42. The molecule has 9 heteroatoms. The van der Waals surface area contributed by atoms with Crippen LogP contribution in [0, 0.1) is 0 Å². The zero-order chi connectivity index (χ0) is 15.7. The van der Waals surface area contributed by atoms with Gasteiger partial charge in [0.15, 0.2) is 0 Å². The Morgan fingerprint density at radius 1 is 1.10 bits per heavy atom. The Morgan fingerprint density at radius 3 is 2.10 bits per heavy atom. The van der Waals surface area contributed by atoms with Crippen molar-refractivity contribution in [2.24, 2.45) is 0 Å². The summed E-state index contributed by atoms with van der Waals surface area (Å²) in [6.07, 6.45) is -3.36. The number of ether oxygens (including phenoxy) is 1. The first-order valence-electron chi connectivity index (χ1n) is 7.10. The summed E-state index contributed by atoms with van der Waals surface area (Å²) in [6, 6.07) is -1.54. The lowest BCUT2D eigenvalue weighted by Gasteiger charge is -2.39. The fourth-order valence-corrected chi connectivity index (χ4v) is 4.62.